The first kappa shape index (κ1) is 15.2. The molecule has 112 valence electrons. The molecule has 2 rings (SSSR count). The number of hydrogen-bond acceptors (Lipinski definition) is 4. The average molecular weight is 318 g/mol. The Morgan fingerprint density at radius 3 is 2.38 bits per heavy atom. The molecule has 2 N–H and O–H groups in total. The molecule has 1 atom stereocenters. The Morgan fingerprint density at radius 2 is 1.90 bits per heavy atom. The van der Waals surface area contributed by atoms with Gasteiger partial charge in [-0.2, -0.15) is 18.2 Å². The second kappa shape index (κ2) is 5.64. The predicted molar refractivity (Wildman–Crippen MR) is 68.1 cm³/mol. The summed E-state index contributed by atoms with van der Waals surface area (Å²) in [6, 6.07) is 5.79. The van der Waals surface area contributed by atoms with Crippen LogP contribution in [0.4, 0.5) is 19.1 Å². The standard InChI is InChI=1S/C11H9F3N4O2S/c1-21(20)7-4-2-6(3-5-7)8(19)15-10-16-9(17-18-10)11(12,13)14/h2-5H,1H3,(H2,15,16,17,18,19)/t21-/m1/s1. The molecule has 10 heteroatoms. The third-order valence-electron chi connectivity index (χ3n) is 2.43. The molecule has 0 saturated heterocycles. The molecular formula is C11H9F3N4O2S. The van der Waals surface area contributed by atoms with E-state index < -0.39 is 34.7 Å². The van der Waals surface area contributed by atoms with Crippen LogP contribution in [0.5, 0.6) is 0 Å². The number of aromatic nitrogens is 3. The van der Waals surface area contributed by atoms with Crippen LogP contribution in [0.15, 0.2) is 29.2 Å². The van der Waals surface area contributed by atoms with Crippen molar-refractivity contribution in [2.75, 3.05) is 11.6 Å². The molecule has 0 aliphatic carbocycles. The lowest BCUT2D eigenvalue weighted by atomic mass is 10.2. The van der Waals surface area contributed by atoms with Crippen molar-refractivity contribution in [2.24, 2.45) is 0 Å². The number of amides is 1. The first-order valence-corrected chi connectivity index (χ1v) is 7.07. The van der Waals surface area contributed by atoms with Gasteiger partial charge in [0, 0.05) is 27.5 Å². The molecule has 0 aliphatic rings. The second-order valence-electron chi connectivity index (χ2n) is 3.94. The summed E-state index contributed by atoms with van der Waals surface area (Å²) in [5.74, 6) is -2.44. The number of alkyl halides is 3. The molecule has 0 radical (unpaired) electrons. The van der Waals surface area contributed by atoms with Gasteiger partial charge in [0.05, 0.1) is 0 Å². The van der Waals surface area contributed by atoms with Gasteiger partial charge in [0.2, 0.25) is 11.8 Å². The number of anilines is 1. The molecule has 6 nitrogen and oxygen atoms in total. The van der Waals surface area contributed by atoms with E-state index in [0.717, 1.165) is 0 Å². The van der Waals surface area contributed by atoms with Crippen LogP contribution < -0.4 is 5.32 Å². The highest BCUT2D eigenvalue weighted by atomic mass is 32.2. The largest absolute Gasteiger partial charge is 0.451 e. The van der Waals surface area contributed by atoms with Gasteiger partial charge in [0.15, 0.2) is 0 Å². The molecule has 0 spiro atoms. The van der Waals surface area contributed by atoms with Crippen LogP contribution in [0.1, 0.15) is 16.2 Å². The first-order valence-electron chi connectivity index (χ1n) is 5.52. The van der Waals surface area contributed by atoms with Crippen LogP contribution in [0.25, 0.3) is 0 Å². The van der Waals surface area contributed by atoms with E-state index in [9.17, 15) is 22.2 Å². The highest BCUT2D eigenvalue weighted by Crippen LogP contribution is 2.26. The van der Waals surface area contributed by atoms with Gasteiger partial charge < -0.3 is 0 Å². The number of H-pyrrole nitrogens is 1. The first-order chi connectivity index (χ1) is 9.77. The quantitative estimate of drug-likeness (QED) is 0.903. The summed E-state index contributed by atoms with van der Waals surface area (Å²) in [5, 5.41) is 7.07. The monoisotopic (exact) mass is 318 g/mol. The normalized spacial score (nSPS) is 13.0. The van der Waals surface area contributed by atoms with E-state index in [1.165, 1.54) is 30.5 Å². The Kier molecular flexibility index (Phi) is 4.07. The van der Waals surface area contributed by atoms with E-state index >= 15 is 0 Å². The number of carbonyl (C=O) groups is 1. The van der Waals surface area contributed by atoms with Crippen molar-refractivity contribution in [3.63, 3.8) is 0 Å². The van der Waals surface area contributed by atoms with Crippen molar-refractivity contribution in [1.82, 2.24) is 15.2 Å². The van der Waals surface area contributed by atoms with E-state index in [0.29, 0.717) is 4.90 Å². The Morgan fingerprint density at radius 1 is 1.29 bits per heavy atom. The van der Waals surface area contributed by atoms with Crippen molar-refractivity contribution in [3.05, 3.63) is 35.7 Å². The summed E-state index contributed by atoms with van der Waals surface area (Å²) >= 11 is 0. The molecule has 1 aromatic carbocycles. The lowest BCUT2D eigenvalue weighted by Crippen LogP contribution is -2.13. The van der Waals surface area contributed by atoms with Crippen molar-refractivity contribution >= 4 is 22.7 Å². The number of halogens is 3. The van der Waals surface area contributed by atoms with Crippen molar-refractivity contribution in [2.45, 2.75) is 11.1 Å². The van der Waals surface area contributed by atoms with Crippen molar-refractivity contribution in [3.8, 4) is 0 Å². The summed E-state index contributed by atoms with van der Waals surface area (Å²) in [4.78, 5) is 15.4. The van der Waals surface area contributed by atoms with Crippen LogP contribution >= 0.6 is 0 Å². The van der Waals surface area contributed by atoms with E-state index in [1.807, 2.05) is 0 Å². The lowest BCUT2D eigenvalue weighted by Gasteiger charge is -2.02. The Balaban J connectivity index is 2.11. The molecule has 1 heterocycles. The number of hydrogen-bond donors (Lipinski definition) is 2. The zero-order chi connectivity index (χ0) is 15.6. The van der Waals surface area contributed by atoms with Gasteiger partial charge in [0.25, 0.3) is 5.91 Å². The van der Waals surface area contributed by atoms with Crippen molar-refractivity contribution < 1.29 is 22.2 Å². The highest BCUT2D eigenvalue weighted by molar-refractivity contribution is 7.84. The van der Waals surface area contributed by atoms with Crippen LogP contribution in [-0.4, -0.2) is 31.6 Å². The molecule has 1 amide bonds. The molecule has 2 aromatic rings. The topological polar surface area (TPSA) is 87.7 Å². The number of benzene rings is 1. The van der Waals surface area contributed by atoms with E-state index in [4.69, 9.17) is 0 Å². The third-order valence-corrected chi connectivity index (χ3v) is 3.36. The fraction of sp³-hybridized carbons (Fsp3) is 0.182. The summed E-state index contributed by atoms with van der Waals surface area (Å²) in [6.45, 7) is 0. The number of rotatable bonds is 3. The molecule has 0 saturated carbocycles. The van der Waals surface area contributed by atoms with Gasteiger partial charge in [0.1, 0.15) is 0 Å². The summed E-state index contributed by atoms with van der Waals surface area (Å²) in [5.41, 5.74) is 0.183. The predicted octanol–water partition coefficient (Wildman–Crippen LogP) is 1.81. The molecule has 0 fully saturated rings. The minimum atomic E-state index is -4.66. The van der Waals surface area contributed by atoms with Crippen molar-refractivity contribution in [1.29, 1.82) is 0 Å². The summed E-state index contributed by atoms with van der Waals surface area (Å²) < 4.78 is 48.1. The minimum Gasteiger partial charge on any atom is -0.289 e. The summed E-state index contributed by atoms with van der Waals surface area (Å²) in [6.07, 6.45) is -3.18. The lowest BCUT2D eigenvalue weighted by molar-refractivity contribution is -0.144. The average Bonchev–Trinajstić information content (AvgIpc) is 2.87. The molecule has 21 heavy (non-hydrogen) atoms. The Bertz CT molecular complexity index is 682. The number of nitrogens with one attached hydrogen (secondary N) is 2. The fourth-order valence-corrected chi connectivity index (χ4v) is 1.94. The number of aromatic amines is 1. The van der Waals surface area contributed by atoms with Gasteiger partial charge in [-0.1, -0.05) is 0 Å². The SMILES string of the molecule is C[S@@](=O)c1ccc(C(=O)Nc2n[nH]c(C(F)(F)F)n2)cc1. The second-order valence-corrected chi connectivity index (χ2v) is 5.32. The van der Waals surface area contributed by atoms with E-state index in [-0.39, 0.29) is 5.56 Å². The molecule has 1 aromatic heterocycles. The maximum absolute atomic E-state index is 12.3. The third kappa shape index (κ3) is 3.66. The van der Waals surface area contributed by atoms with Crippen LogP contribution in [-0.2, 0) is 17.0 Å². The fourth-order valence-electron chi connectivity index (χ4n) is 1.42. The Hall–Kier alpha value is -2.23. The van der Waals surface area contributed by atoms with E-state index in [2.05, 4.69) is 15.4 Å². The molecule has 0 bridgehead atoms. The van der Waals surface area contributed by atoms with Crippen LogP contribution in [0.2, 0.25) is 0 Å². The van der Waals surface area contributed by atoms with Gasteiger partial charge in [-0.15, -0.1) is 5.10 Å². The van der Waals surface area contributed by atoms with Gasteiger partial charge in [-0.25, -0.2) is 0 Å². The molecular weight excluding hydrogens is 309 g/mol. The smallest absolute Gasteiger partial charge is 0.289 e. The summed E-state index contributed by atoms with van der Waals surface area (Å²) in [7, 11) is -1.18. The molecule has 0 aliphatic heterocycles. The van der Waals surface area contributed by atoms with E-state index in [1.54, 1.807) is 5.10 Å². The maximum atomic E-state index is 12.3. The maximum Gasteiger partial charge on any atom is 0.451 e. The number of nitrogens with zero attached hydrogens (tertiary/aromatic N) is 2. The zero-order valence-corrected chi connectivity index (χ0v) is 11.4. The highest BCUT2D eigenvalue weighted by Gasteiger charge is 2.35. The van der Waals surface area contributed by atoms with Crippen LogP contribution in [0, 0.1) is 0 Å². The molecule has 0 unspecified atom stereocenters. The van der Waals surface area contributed by atoms with Gasteiger partial charge >= 0.3 is 6.18 Å². The zero-order valence-electron chi connectivity index (χ0n) is 10.6. The van der Waals surface area contributed by atoms with Gasteiger partial charge in [-0.05, 0) is 24.3 Å². The van der Waals surface area contributed by atoms with Crippen LogP contribution in [0.3, 0.4) is 0 Å². The number of carbonyl (C=O) groups excluding carboxylic acids is 1. The van der Waals surface area contributed by atoms with Gasteiger partial charge in [-0.3, -0.25) is 19.4 Å². The Labute approximate surface area is 119 Å². The minimum absolute atomic E-state index is 0.183.